The van der Waals surface area contributed by atoms with Crippen molar-refractivity contribution in [2.24, 2.45) is 27.9 Å². The first kappa shape index (κ1) is 16.2. The molecule has 2 bridgehead atoms. The van der Waals surface area contributed by atoms with Crippen molar-refractivity contribution in [3.8, 4) is 0 Å². The van der Waals surface area contributed by atoms with Crippen LogP contribution in [0.2, 0.25) is 0 Å². The van der Waals surface area contributed by atoms with Crippen molar-refractivity contribution < 1.29 is 13.2 Å². The molecule has 0 aromatic carbocycles. The van der Waals surface area contributed by atoms with Crippen LogP contribution in [0.1, 0.15) is 53.9 Å². The molecule has 4 atom stereocenters. The van der Waals surface area contributed by atoms with Gasteiger partial charge in [0.05, 0.1) is 17.8 Å². The SMILES string of the molecule is CC(C)(C)[C@@H](N)C(=O)N1[C@H]2C[C@@H]3CC[C@@]2(CS1(=O)=O)C3(C)C. The van der Waals surface area contributed by atoms with E-state index in [9.17, 15) is 13.2 Å². The minimum absolute atomic E-state index is 0.0222. The molecule has 1 spiro atoms. The van der Waals surface area contributed by atoms with Crippen molar-refractivity contribution in [2.75, 3.05) is 5.75 Å². The molecule has 1 aliphatic heterocycles. The van der Waals surface area contributed by atoms with Gasteiger partial charge < -0.3 is 5.73 Å². The zero-order valence-electron chi connectivity index (χ0n) is 14.2. The third-order valence-electron chi connectivity index (χ3n) is 6.83. The Hall–Kier alpha value is -0.620. The molecule has 0 aromatic rings. The topological polar surface area (TPSA) is 80.5 Å². The Kier molecular flexibility index (Phi) is 3.15. The molecule has 6 heteroatoms. The summed E-state index contributed by atoms with van der Waals surface area (Å²) in [5.74, 6) is 0.198. The van der Waals surface area contributed by atoms with Crippen LogP contribution in [0.15, 0.2) is 0 Å². The van der Waals surface area contributed by atoms with E-state index in [1.165, 1.54) is 4.31 Å². The lowest BCUT2D eigenvalue weighted by atomic mass is 9.69. The number of nitrogens with two attached hydrogens (primary N) is 1. The van der Waals surface area contributed by atoms with Gasteiger partial charge >= 0.3 is 0 Å². The molecule has 0 aromatic heterocycles. The number of fused-ring (bicyclic) bond motifs is 1. The first-order valence-corrected chi connectivity index (χ1v) is 9.77. The van der Waals surface area contributed by atoms with Gasteiger partial charge in [-0.05, 0) is 36.0 Å². The Morgan fingerprint density at radius 3 is 2.41 bits per heavy atom. The molecule has 1 amide bonds. The molecule has 2 saturated carbocycles. The summed E-state index contributed by atoms with van der Waals surface area (Å²) < 4.78 is 26.7. The fourth-order valence-corrected chi connectivity index (χ4v) is 7.65. The Morgan fingerprint density at radius 2 is 1.91 bits per heavy atom. The molecule has 2 N–H and O–H groups in total. The number of nitrogens with zero attached hydrogens (tertiary/aromatic N) is 1. The number of rotatable bonds is 1. The summed E-state index contributed by atoms with van der Waals surface area (Å²) in [6.07, 6.45) is 2.78. The van der Waals surface area contributed by atoms with Gasteiger partial charge in [-0.3, -0.25) is 4.79 Å². The second-order valence-corrected chi connectivity index (χ2v) is 10.9. The van der Waals surface area contributed by atoms with Crippen LogP contribution in [0.3, 0.4) is 0 Å². The zero-order valence-corrected chi connectivity index (χ0v) is 15.0. The zero-order chi connectivity index (χ0) is 16.7. The maximum absolute atomic E-state index is 12.9. The van der Waals surface area contributed by atoms with Crippen molar-refractivity contribution in [1.82, 2.24) is 4.31 Å². The predicted molar refractivity (Wildman–Crippen MR) is 85.4 cm³/mol. The van der Waals surface area contributed by atoms with E-state index in [0.717, 1.165) is 19.3 Å². The van der Waals surface area contributed by atoms with Crippen molar-refractivity contribution in [3.63, 3.8) is 0 Å². The number of amides is 1. The summed E-state index contributed by atoms with van der Waals surface area (Å²) in [4.78, 5) is 12.9. The average Bonchev–Trinajstić information content (AvgIpc) is 2.82. The molecule has 3 rings (SSSR count). The Morgan fingerprint density at radius 1 is 1.32 bits per heavy atom. The lowest BCUT2D eigenvalue weighted by molar-refractivity contribution is -0.132. The molecule has 2 aliphatic carbocycles. The van der Waals surface area contributed by atoms with Crippen LogP contribution in [0.5, 0.6) is 0 Å². The maximum Gasteiger partial charge on any atom is 0.253 e. The molecule has 3 fully saturated rings. The van der Waals surface area contributed by atoms with E-state index >= 15 is 0 Å². The Labute approximate surface area is 133 Å². The molecule has 0 radical (unpaired) electrons. The van der Waals surface area contributed by atoms with Crippen LogP contribution < -0.4 is 5.73 Å². The molecule has 1 saturated heterocycles. The lowest BCUT2D eigenvalue weighted by Gasteiger charge is -2.38. The van der Waals surface area contributed by atoms with Crippen LogP contribution >= 0.6 is 0 Å². The monoisotopic (exact) mass is 328 g/mol. The molecule has 22 heavy (non-hydrogen) atoms. The number of carbonyl (C=O) groups excluding carboxylic acids is 1. The summed E-state index contributed by atoms with van der Waals surface area (Å²) in [5, 5.41) is 0. The number of sulfonamides is 1. The summed E-state index contributed by atoms with van der Waals surface area (Å²) in [5.41, 5.74) is 5.34. The van der Waals surface area contributed by atoms with Gasteiger partial charge in [-0.15, -0.1) is 0 Å². The van der Waals surface area contributed by atoms with Crippen molar-refractivity contribution in [2.45, 2.75) is 66.0 Å². The minimum atomic E-state index is -3.56. The van der Waals surface area contributed by atoms with Gasteiger partial charge in [0.2, 0.25) is 10.0 Å². The number of hydrogen-bond donors (Lipinski definition) is 1. The molecular weight excluding hydrogens is 300 g/mol. The van der Waals surface area contributed by atoms with Gasteiger partial charge in [0.25, 0.3) is 5.91 Å². The van der Waals surface area contributed by atoms with Crippen LogP contribution in [0, 0.1) is 22.2 Å². The second kappa shape index (κ2) is 4.26. The van der Waals surface area contributed by atoms with Gasteiger partial charge in [0, 0.05) is 5.41 Å². The number of carbonyl (C=O) groups is 1. The van der Waals surface area contributed by atoms with Crippen LogP contribution in [0.4, 0.5) is 0 Å². The van der Waals surface area contributed by atoms with E-state index in [-0.39, 0.29) is 22.6 Å². The fourth-order valence-electron chi connectivity index (χ4n) is 5.09. The van der Waals surface area contributed by atoms with Crippen LogP contribution in [-0.2, 0) is 14.8 Å². The van der Waals surface area contributed by atoms with Gasteiger partial charge in [0.15, 0.2) is 0 Å². The Bertz CT molecular complexity index is 620. The van der Waals surface area contributed by atoms with Crippen LogP contribution in [-0.4, -0.2) is 36.5 Å². The van der Waals surface area contributed by atoms with E-state index in [1.807, 2.05) is 20.8 Å². The highest BCUT2D eigenvalue weighted by Crippen LogP contribution is 2.70. The van der Waals surface area contributed by atoms with E-state index in [1.54, 1.807) is 0 Å². The molecule has 5 nitrogen and oxygen atoms in total. The standard InChI is InChI=1S/C16H28N2O3S/c1-14(2,3)12(17)13(19)18-11-8-10-6-7-16(11,15(10,4)5)9-22(18,20)21/h10-12H,6-9,17H2,1-5H3/t10-,11-,12-,16-/m0/s1. The van der Waals surface area contributed by atoms with E-state index in [4.69, 9.17) is 5.73 Å². The van der Waals surface area contributed by atoms with Gasteiger partial charge in [-0.2, -0.15) is 0 Å². The third kappa shape index (κ3) is 1.80. The summed E-state index contributed by atoms with van der Waals surface area (Å²) in [6, 6.07) is -0.980. The second-order valence-electron chi connectivity index (χ2n) is 9.10. The molecule has 0 unspecified atom stereocenters. The van der Waals surface area contributed by atoms with E-state index in [2.05, 4.69) is 13.8 Å². The maximum atomic E-state index is 12.9. The highest BCUT2D eigenvalue weighted by molar-refractivity contribution is 7.90. The highest BCUT2D eigenvalue weighted by Gasteiger charge is 2.72. The van der Waals surface area contributed by atoms with Gasteiger partial charge in [-0.1, -0.05) is 34.6 Å². The first-order chi connectivity index (χ1) is 9.84. The largest absolute Gasteiger partial charge is 0.319 e. The molecule has 1 heterocycles. The minimum Gasteiger partial charge on any atom is -0.319 e. The van der Waals surface area contributed by atoms with Gasteiger partial charge in [0.1, 0.15) is 0 Å². The summed E-state index contributed by atoms with van der Waals surface area (Å²) in [6.45, 7) is 9.98. The molecule has 126 valence electrons. The average molecular weight is 328 g/mol. The predicted octanol–water partition coefficient (Wildman–Crippen LogP) is 1.73. The van der Waals surface area contributed by atoms with Crippen molar-refractivity contribution in [3.05, 3.63) is 0 Å². The fraction of sp³-hybridized carbons (Fsp3) is 0.938. The lowest BCUT2D eigenvalue weighted by Crippen LogP contribution is -2.54. The number of hydrogen-bond acceptors (Lipinski definition) is 4. The first-order valence-electron chi connectivity index (χ1n) is 8.16. The third-order valence-corrected chi connectivity index (χ3v) is 8.74. The van der Waals surface area contributed by atoms with Crippen molar-refractivity contribution >= 4 is 15.9 Å². The van der Waals surface area contributed by atoms with Gasteiger partial charge in [-0.25, -0.2) is 12.7 Å². The smallest absolute Gasteiger partial charge is 0.253 e. The summed E-state index contributed by atoms with van der Waals surface area (Å²) in [7, 11) is -3.56. The highest BCUT2D eigenvalue weighted by atomic mass is 32.2. The molecular formula is C16H28N2O3S. The van der Waals surface area contributed by atoms with E-state index < -0.39 is 27.4 Å². The summed E-state index contributed by atoms with van der Waals surface area (Å²) >= 11 is 0. The normalized spacial score (nSPS) is 39.8. The van der Waals surface area contributed by atoms with E-state index in [0.29, 0.717) is 5.92 Å². The van der Waals surface area contributed by atoms with Crippen LogP contribution in [0.25, 0.3) is 0 Å². The Balaban J connectivity index is 2.02. The molecule has 3 aliphatic rings. The van der Waals surface area contributed by atoms with Crippen molar-refractivity contribution in [1.29, 1.82) is 0 Å². The quantitative estimate of drug-likeness (QED) is 0.795.